The minimum atomic E-state index is -0.0590. The van der Waals surface area contributed by atoms with E-state index in [0.717, 1.165) is 13.1 Å². The fraction of sp³-hybridized carbons (Fsp3) is 0.375. The Balaban J connectivity index is 1.80. The predicted molar refractivity (Wildman–Crippen MR) is 87.0 cm³/mol. The van der Waals surface area contributed by atoms with Crippen LogP contribution >= 0.6 is 11.6 Å². The van der Waals surface area contributed by atoms with Crippen molar-refractivity contribution in [3.63, 3.8) is 0 Å². The summed E-state index contributed by atoms with van der Waals surface area (Å²) in [6, 6.07) is 7.18. The second kappa shape index (κ2) is 7.96. The van der Waals surface area contributed by atoms with Crippen LogP contribution in [0, 0.1) is 0 Å². The number of anilines is 1. The van der Waals surface area contributed by atoms with E-state index < -0.39 is 0 Å². The van der Waals surface area contributed by atoms with E-state index in [1.54, 1.807) is 24.3 Å². The zero-order valence-corrected chi connectivity index (χ0v) is 13.4. The van der Waals surface area contributed by atoms with Gasteiger partial charge in [0.1, 0.15) is 0 Å². The fourth-order valence-corrected chi connectivity index (χ4v) is 2.64. The van der Waals surface area contributed by atoms with Gasteiger partial charge in [0.2, 0.25) is 5.91 Å². The summed E-state index contributed by atoms with van der Waals surface area (Å²) in [4.78, 5) is 26.8. The summed E-state index contributed by atoms with van der Waals surface area (Å²) in [7, 11) is 0. The molecule has 1 aromatic rings. The number of quaternary nitrogens is 1. The number of nitrogens with one attached hydrogen (secondary N) is 2. The van der Waals surface area contributed by atoms with E-state index in [9.17, 15) is 9.59 Å². The zero-order chi connectivity index (χ0) is 15.9. The Morgan fingerprint density at radius 3 is 2.64 bits per heavy atom. The van der Waals surface area contributed by atoms with Gasteiger partial charge < -0.3 is 15.1 Å². The van der Waals surface area contributed by atoms with Crippen molar-refractivity contribution in [2.75, 3.05) is 38.0 Å². The van der Waals surface area contributed by atoms with E-state index in [0.29, 0.717) is 30.3 Å². The van der Waals surface area contributed by atoms with Gasteiger partial charge in [-0.3, -0.25) is 9.59 Å². The Kier molecular flexibility index (Phi) is 5.98. The number of piperazine rings is 1. The number of para-hydroxylation sites is 1. The number of nitrogens with zero attached hydrogens (tertiary/aromatic N) is 1. The molecule has 22 heavy (non-hydrogen) atoms. The lowest BCUT2D eigenvalue weighted by Gasteiger charge is -2.31. The number of amides is 2. The van der Waals surface area contributed by atoms with Crippen molar-refractivity contribution < 1.29 is 14.5 Å². The van der Waals surface area contributed by atoms with Crippen LogP contribution in [0.2, 0.25) is 5.02 Å². The van der Waals surface area contributed by atoms with Gasteiger partial charge in [-0.15, -0.1) is 0 Å². The highest BCUT2D eigenvalue weighted by atomic mass is 35.5. The van der Waals surface area contributed by atoms with Crippen LogP contribution in [0.15, 0.2) is 36.4 Å². The number of benzene rings is 1. The van der Waals surface area contributed by atoms with Gasteiger partial charge >= 0.3 is 0 Å². The van der Waals surface area contributed by atoms with Crippen LogP contribution < -0.4 is 10.2 Å². The van der Waals surface area contributed by atoms with Crippen molar-refractivity contribution in [1.29, 1.82) is 0 Å². The van der Waals surface area contributed by atoms with Crippen molar-refractivity contribution in [2.45, 2.75) is 6.92 Å². The normalized spacial score (nSPS) is 16.0. The number of carbonyl (C=O) groups is 2. The number of rotatable bonds is 4. The molecule has 118 valence electrons. The van der Waals surface area contributed by atoms with E-state index in [1.165, 1.54) is 4.90 Å². The van der Waals surface area contributed by atoms with Crippen LogP contribution in [0.4, 0.5) is 5.69 Å². The minimum absolute atomic E-state index is 0.0436. The Bertz CT molecular complexity index is 566. The Morgan fingerprint density at radius 2 is 2.00 bits per heavy atom. The summed E-state index contributed by atoms with van der Waals surface area (Å²) >= 11 is 6.02. The summed E-state index contributed by atoms with van der Waals surface area (Å²) in [5, 5.41) is 3.36. The van der Waals surface area contributed by atoms with Gasteiger partial charge in [-0.2, -0.15) is 0 Å². The Labute approximate surface area is 135 Å². The van der Waals surface area contributed by atoms with Gasteiger partial charge in [-0.1, -0.05) is 29.8 Å². The highest BCUT2D eigenvalue weighted by Crippen LogP contribution is 2.19. The van der Waals surface area contributed by atoms with Crippen LogP contribution in [-0.4, -0.2) is 49.4 Å². The Hall–Kier alpha value is -1.85. The number of hydrogen-bond donors (Lipinski definition) is 2. The van der Waals surface area contributed by atoms with Crippen LogP contribution in [-0.2, 0) is 9.59 Å². The van der Waals surface area contributed by atoms with Crippen molar-refractivity contribution in [3.05, 3.63) is 41.4 Å². The van der Waals surface area contributed by atoms with Crippen LogP contribution in [0.1, 0.15) is 6.92 Å². The van der Waals surface area contributed by atoms with Crippen molar-refractivity contribution in [3.8, 4) is 0 Å². The summed E-state index contributed by atoms with van der Waals surface area (Å²) in [6.07, 6.45) is 3.33. The smallest absolute Gasteiger partial charge is 0.279 e. The topological polar surface area (TPSA) is 53.9 Å². The molecule has 0 unspecified atom stereocenters. The molecular weight excluding hydrogens is 302 g/mol. The average Bonchev–Trinajstić information content (AvgIpc) is 2.50. The molecule has 1 saturated heterocycles. The maximum Gasteiger partial charge on any atom is 0.279 e. The first kappa shape index (κ1) is 16.5. The molecule has 2 N–H and O–H groups in total. The van der Waals surface area contributed by atoms with Crippen LogP contribution in [0.5, 0.6) is 0 Å². The van der Waals surface area contributed by atoms with E-state index in [-0.39, 0.29) is 11.8 Å². The first-order valence-electron chi connectivity index (χ1n) is 7.39. The lowest BCUT2D eigenvalue weighted by molar-refractivity contribution is -0.895. The average molecular weight is 323 g/mol. The monoisotopic (exact) mass is 322 g/mol. The standard InChI is InChI=1S/C16H20ClN3O2/c1-2-5-16(22)20-10-8-19(9-11-20)12-15(21)18-14-7-4-3-6-13(14)17/h2-7H,8-12H2,1H3,(H,18,21)/p+1/b5-2+. The molecule has 1 heterocycles. The largest absolute Gasteiger partial charge is 0.328 e. The zero-order valence-electron chi connectivity index (χ0n) is 12.6. The molecule has 1 fully saturated rings. The first-order valence-corrected chi connectivity index (χ1v) is 7.77. The lowest BCUT2D eigenvalue weighted by atomic mass is 10.3. The quantitative estimate of drug-likeness (QED) is 0.797. The summed E-state index contributed by atoms with van der Waals surface area (Å²) < 4.78 is 0. The Morgan fingerprint density at radius 1 is 1.32 bits per heavy atom. The molecule has 0 bridgehead atoms. The van der Waals surface area contributed by atoms with Crippen molar-refractivity contribution in [2.24, 2.45) is 0 Å². The lowest BCUT2D eigenvalue weighted by Crippen LogP contribution is -3.15. The maximum atomic E-state index is 12.1. The molecule has 6 heteroatoms. The van der Waals surface area contributed by atoms with E-state index in [4.69, 9.17) is 11.6 Å². The molecule has 1 aliphatic heterocycles. The third-order valence-electron chi connectivity index (χ3n) is 3.65. The molecule has 0 atom stereocenters. The molecule has 0 aromatic heterocycles. The first-order chi connectivity index (χ1) is 10.6. The van der Waals surface area contributed by atoms with Gasteiger partial charge in [0.25, 0.3) is 5.91 Å². The third-order valence-corrected chi connectivity index (χ3v) is 3.98. The van der Waals surface area contributed by atoms with Crippen LogP contribution in [0.3, 0.4) is 0 Å². The van der Waals surface area contributed by atoms with Gasteiger partial charge in [0.05, 0.1) is 36.9 Å². The highest BCUT2D eigenvalue weighted by molar-refractivity contribution is 6.33. The van der Waals surface area contributed by atoms with E-state index >= 15 is 0 Å². The summed E-state index contributed by atoms with van der Waals surface area (Å²) in [6.45, 7) is 5.13. The third kappa shape index (κ3) is 4.58. The van der Waals surface area contributed by atoms with Crippen LogP contribution in [0.25, 0.3) is 0 Å². The molecule has 1 aromatic carbocycles. The van der Waals surface area contributed by atoms with E-state index in [1.807, 2.05) is 24.0 Å². The van der Waals surface area contributed by atoms with Gasteiger partial charge in [0, 0.05) is 0 Å². The molecule has 2 rings (SSSR count). The molecule has 0 spiro atoms. The highest BCUT2D eigenvalue weighted by Gasteiger charge is 2.24. The molecule has 2 amide bonds. The molecular formula is C16H21ClN3O2+. The van der Waals surface area contributed by atoms with Gasteiger partial charge in [0.15, 0.2) is 6.54 Å². The van der Waals surface area contributed by atoms with E-state index in [2.05, 4.69) is 5.32 Å². The van der Waals surface area contributed by atoms with Crippen molar-refractivity contribution in [1.82, 2.24) is 4.90 Å². The molecule has 1 aliphatic rings. The number of allylic oxidation sites excluding steroid dienone is 1. The predicted octanol–water partition coefficient (Wildman–Crippen LogP) is 0.582. The molecule has 0 radical (unpaired) electrons. The number of hydrogen-bond acceptors (Lipinski definition) is 2. The molecule has 0 aliphatic carbocycles. The molecule has 5 nitrogen and oxygen atoms in total. The number of carbonyl (C=O) groups excluding carboxylic acids is 2. The van der Waals surface area contributed by atoms with Gasteiger partial charge in [-0.05, 0) is 25.1 Å². The summed E-state index contributed by atoms with van der Waals surface area (Å²) in [5.74, 6) is -0.0154. The molecule has 0 saturated carbocycles. The van der Waals surface area contributed by atoms with Crippen molar-refractivity contribution >= 4 is 29.1 Å². The van der Waals surface area contributed by atoms with Gasteiger partial charge in [-0.25, -0.2) is 0 Å². The second-order valence-corrected chi connectivity index (χ2v) is 5.69. The fourth-order valence-electron chi connectivity index (χ4n) is 2.45. The SMILES string of the molecule is C/C=C/C(=O)N1CC[NH+](CC(=O)Nc2ccccc2Cl)CC1. The number of halogens is 1. The second-order valence-electron chi connectivity index (χ2n) is 5.28. The minimum Gasteiger partial charge on any atom is -0.328 e. The summed E-state index contributed by atoms with van der Waals surface area (Å²) in [5.41, 5.74) is 0.635. The maximum absolute atomic E-state index is 12.1.